The molecule has 3 rings (SSSR count). The first-order valence-corrected chi connectivity index (χ1v) is 7.83. The fourth-order valence-corrected chi connectivity index (χ4v) is 2.97. The van der Waals surface area contributed by atoms with Gasteiger partial charge >= 0.3 is 0 Å². The second-order valence-electron chi connectivity index (χ2n) is 6.05. The van der Waals surface area contributed by atoms with Gasteiger partial charge < -0.3 is 19.3 Å². The van der Waals surface area contributed by atoms with Crippen molar-refractivity contribution in [2.24, 2.45) is 0 Å². The number of hydrogen-bond donors (Lipinski definition) is 1. The third-order valence-corrected chi connectivity index (χ3v) is 4.18. The molecule has 7 heteroatoms. The van der Waals surface area contributed by atoms with Crippen LogP contribution in [0.25, 0.3) is 0 Å². The molecule has 0 spiro atoms. The van der Waals surface area contributed by atoms with Crippen LogP contribution in [0.4, 0.5) is 4.39 Å². The average molecular weight is 333 g/mol. The summed E-state index contributed by atoms with van der Waals surface area (Å²) in [5.41, 5.74) is -0.177. The molecule has 6 nitrogen and oxygen atoms in total. The summed E-state index contributed by atoms with van der Waals surface area (Å²) in [6.45, 7) is 1.04. The number of nitrogens with zero attached hydrogens (tertiary/aromatic N) is 3. The largest absolute Gasteiger partial charge is 0.393 e. The summed E-state index contributed by atoms with van der Waals surface area (Å²) < 4.78 is 20.9. The molecule has 1 aliphatic heterocycles. The summed E-state index contributed by atoms with van der Waals surface area (Å²) >= 11 is 0. The van der Waals surface area contributed by atoms with Crippen molar-refractivity contribution in [3.8, 4) is 0 Å². The number of imidazole rings is 1. The molecule has 1 saturated heterocycles. The molecule has 1 fully saturated rings. The molecule has 0 radical (unpaired) electrons. The minimum atomic E-state index is -0.906. The van der Waals surface area contributed by atoms with E-state index in [0.717, 1.165) is 5.56 Å². The van der Waals surface area contributed by atoms with Crippen molar-refractivity contribution in [3.05, 3.63) is 54.4 Å². The number of hydrogen-bond acceptors (Lipinski definition) is 4. The predicted octanol–water partition coefficient (Wildman–Crippen LogP) is 0.855. The molecule has 0 bridgehead atoms. The average Bonchev–Trinajstić information content (AvgIpc) is 3.08. The number of benzene rings is 1. The van der Waals surface area contributed by atoms with Crippen LogP contribution < -0.4 is 0 Å². The molecule has 1 N–H and O–H groups in total. The third kappa shape index (κ3) is 3.80. The van der Waals surface area contributed by atoms with Gasteiger partial charge in [0.25, 0.3) is 0 Å². The highest BCUT2D eigenvalue weighted by atomic mass is 19.1. The standard InChI is InChI=1S/C17H20FN3O3/c18-15-3-1-2-14(8-15)9-17(12-22)11-21(6-7-24-17)16(23)10-20-5-4-19-13-20/h1-5,8,13,22H,6-7,9-12H2/t17-/m0/s1. The van der Waals surface area contributed by atoms with Crippen LogP contribution in [-0.4, -0.2) is 57.4 Å². The smallest absolute Gasteiger partial charge is 0.242 e. The van der Waals surface area contributed by atoms with Gasteiger partial charge in [-0.05, 0) is 17.7 Å². The van der Waals surface area contributed by atoms with Crippen molar-refractivity contribution in [2.75, 3.05) is 26.3 Å². The zero-order valence-corrected chi connectivity index (χ0v) is 13.3. The quantitative estimate of drug-likeness (QED) is 0.881. The molecule has 24 heavy (non-hydrogen) atoms. The number of morpholine rings is 1. The van der Waals surface area contributed by atoms with Crippen LogP contribution in [0.1, 0.15) is 5.56 Å². The Kier molecular flexibility index (Phi) is 4.92. The fourth-order valence-electron chi connectivity index (χ4n) is 2.97. The Labute approximate surface area is 139 Å². The summed E-state index contributed by atoms with van der Waals surface area (Å²) in [6, 6.07) is 6.21. The number of aliphatic hydroxyl groups is 1. The fraction of sp³-hybridized carbons (Fsp3) is 0.412. The summed E-state index contributed by atoms with van der Waals surface area (Å²) in [5.74, 6) is -0.391. The van der Waals surface area contributed by atoms with Gasteiger partial charge in [0.05, 0.1) is 26.1 Å². The van der Waals surface area contributed by atoms with Crippen molar-refractivity contribution >= 4 is 5.91 Å². The lowest BCUT2D eigenvalue weighted by atomic mass is 9.93. The highest BCUT2D eigenvalue weighted by Gasteiger charge is 2.38. The minimum absolute atomic E-state index is 0.0617. The van der Waals surface area contributed by atoms with Gasteiger partial charge in [0.15, 0.2) is 0 Å². The van der Waals surface area contributed by atoms with Crippen molar-refractivity contribution in [1.82, 2.24) is 14.5 Å². The molecule has 1 atom stereocenters. The molecule has 0 aliphatic carbocycles. The first-order valence-electron chi connectivity index (χ1n) is 7.83. The molecule has 1 amide bonds. The number of carbonyl (C=O) groups excluding carboxylic acids is 1. The Morgan fingerprint density at radius 1 is 1.46 bits per heavy atom. The Bertz CT molecular complexity index is 692. The first-order chi connectivity index (χ1) is 11.6. The maximum atomic E-state index is 13.4. The van der Waals surface area contributed by atoms with Crippen LogP contribution in [0.15, 0.2) is 43.0 Å². The zero-order chi connectivity index (χ0) is 17.0. The lowest BCUT2D eigenvalue weighted by Gasteiger charge is -2.42. The molecular formula is C17H20FN3O3. The van der Waals surface area contributed by atoms with E-state index in [4.69, 9.17) is 4.74 Å². The molecular weight excluding hydrogens is 313 g/mol. The van der Waals surface area contributed by atoms with Crippen LogP contribution in [0, 0.1) is 5.82 Å². The second kappa shape index (κ2) is 7.11. The zero-order valence-electron chi connectivity index (χ0n) is 13.3. The molecule has 0 saturated carbocycles. The van der Waals surface area contributed by atoms with Gasteiger partial charge in [-0.1, -0.05) is 12.1 Å². The maximum absolute atomic E-state index is 13.4. The summed E-state index contributed by atoms with van der Waals surface area (Å²) in [7, 11) is 0. The van der Waals surface area contributed by atoms with Gasteiger partial charge in [-0.2, -0.15) is 0 Å². The Balaban J connectivity index is 1.70. The molecule has 1 aromatic carbocycles. The monoisotopic (exact) mass is 333 g/mol. The van der Waals surface area contributed by atoms with Gasteiger partial charge in [0.2, 0.25) is 5.91 Å². The maximum Gasteiger partial charge on any atom is 0.242 e. The van der Waals surface area contributed by atoms with Gasteiger partial charge in [0, 0.05) is 25.4 Å². The van der Waals surface area contributed by atoms with Crippen LogP contribution in [0.3, 0.4) is 0 Å². The number of aliphatic hydroxyl groups excluding tert-OH is 1. The third-order valence-electron chi connectivity index (χ3n) is 4.18. The molecule has 128 valence electrons. The molecule has 1 aliphatic rings. The van der Waals surface area contributed by atoms with Crippen molar-refractivity contribution in [1.29, 1.82) is 0 Å². The Morgan fingerprint density at radius 3 is 3.04 bits per heavy atom. The topological polar surface area (TPSA) is 67.6 Å². The number of aromatic nitrogens is 2. The van der Waals surface area contributed by atoms with E-state index in [9.17, 15) is 14.3 Å². The van der Waals surface area contributed by atoms with Gasteiger partial charge in [0.1, 0.15) is 18.0 Å². The van der Waals surface area contributed by atoms with Crippen molar-refractivity contribution < 1.29 is 19.0 Å². The first kappa shape index (κ1) is 16.6. The second-order valence-corrected chi connectivity index (χ2v) is 6.05. The van der Waals surface area contributed by atoms with E-state index in [1.54, 1.807) is 40.3 Å². The number of amides is 1. The Hall–Kier alpha value is -2.25. The number of ether oxygens (including phenoxy) is 1. The van der Waals surface area contributed by atoms with E-state index in [0.29, 0.717) is 19.6 Å². The Morgan fingerprint density at radius 2 is 2.33 bits per heavy atom. The highest BCUT2D eigenvalue weighted by molar-refractivity contribution is 5.76. The SMILES string of the molecule is O=C(Cn1ccnc1)N1CCO[C@@](CO)(Cc2cccc(F)c2)C1. The van der Waals surface area contributed by atoms with Crippen LogP contribution in [-0.2, 0) is 22.5 Å². The molecule has 2 aromatic rings. The van der Waals surface area contributed by atoms with Crippen molar-refractivity contribution in [2.45, 2.75) is 18.6 Å². The number of halogens is 1. The van der Waals surface area contributed by atoms with E-state index >= 15 is 0 Å². The molecule has 0 unspecified atom stereocenters. The van der Waals surface area contributed by atoms with E-state index < -0.39 is 5.60 Å². The summed E-state index contributed by atoms with van der Waals surface area (Å²) in [6.07, 6.45) is 5.28. The van der Waals surface area contributed by atoms with E-state index in [2.05, 4.69) is 4.98 Å². The van der Waals surface area contributed by atoms with Crippen molar-refractivity contribution in [3.63, 3.8) is 0 Å². The number of carbonyl (C=O) groups is 1. The van der Waals surface area contributed by atoms with Crippen LogP contribution in [0.5, 0.6) is 0 Å². The van der Waals surface area contributed by atoms with Gasteiger partial charge in [-0.15, -0.1) is 0 Å². The lowest BCUT2D eigenvalue weighted by molar-refractivity contribution is -0.158. The molecule has 2 heterocycles. The van der Waals surface area contributed by atoms with Gasteiger partial charge in [-0.25, -0.2) is 9.37 Å². The normalized spacial score (nSPS) is 21.0. The van der Waals surface area contributed by atoms with E-state index in [1.807, 2.05) is 0 Å². The molecule has 1 aromatic heterocycles. The predicted molar refractivity (Wildman–Crippen MR) is 84.7 cm³/mol. The van der Waals surface area contributed by atoms with E-state index in [1.165, 1.54) is 12.1 Å². The highest BCUT2D eigenvalue weighted by Crippen LogP contribution is 2.23. The lowest BCUT2D eigenvalue weighted by Crippen LogP contribution is -2.57. The minimum Gasteiger partial charge on any atom is -0.393 e. The van der Waals surface area contributed by atoms with Crippen LogP contribution in [0.2, 0.25) is 0 Å². The van der Waals surface area contributed by atoms with Crippen LogP contribution >= 0.6 is 0 Å². The summed E-state index contributed by atoms with van der Waals surface area (Å²) in [4.78, 5) is 18.1. The number of rotatable bonds is 5. The summed E-state index contributed by atoms with van der Waals surface area (Å²) in [5, 5.41) is 9.86. The van der Waals surface area contributed by atoms with E-state index in [-0.39, 0.29) is 31.4 Å². The van der Waals surface area contributed by atoms with Gasteiger partial charge in [-0.3, -0.25) is 4.79 Å².